The SMILES string of the molecule is CNC1CCN(S(=O)(=O)c2ccc3[nH]c(=O)c4[nH]cc(CCCC(=O)O)c4c3c2)C1.Cl. The standard InChI is InChI=1S/C20H24N4O5S.ClH/c1-21-13-7-8-24(11-13)30(28,29)14-5-6-16-15(9-14)18-12(3-2-4-17(25)26)10-22-19(18)20(27)23-16;/h5-6,9-10,13,21-22H,2-4,7-8,11H2,1H3,(H,23,27)(H,25,26);1H. The number of H-pyrrole nitrogens is 2. The van der Waals surface area contributed by atoms with Gasteiger partial charge in [-0.1, -0.05) is 0 Å². The van der Waals surface area contributed by atoms with E-state index < -0.39 is 16.0 Å². The number of nitrogens with one attached hydrogen (secondary N) is 3. The molecule has 1 atom stereocenters. The molecule has 0 amide bonds. The lowest BCUT2D eigenvalue weighted by Crippen LogP contribution is -2.33. The predicted octanol–water partition coefficient (Wildman–Crippen LogP) is 1.82. The van der Waals surface area contributed by atoms with Gasteiger partial charge in [-0.2, -0.15) is 4.31 Å². The van der Waals surface area contributed by atoms with Crippen LogP contribution < -0.4 is 10.9 Å². The molecule has 3 heterocycles. The molecule has 9 nitrogen and oxygen atoms in total. The Morgan fingerprint density at radius 1 is 1.35 bits per heavy atom. The first-order valence-corrected chi connectivity index (χ1v) is 11.3. The van der Waals surface area contributed by atoms with Gasteiger partial charge in [-0.05, 0) is 50.1 Å². The maximum absolute atomic E-state index is 13.2. The Morgan fingerprint density at radius 2 is 2.13 bits per heavy atom. The molecule has 4 rings (SSSR count). The first-order chi connectivity index (χ1) is 14.3. The number of rotatable bonds is 7. The second kappa shape index (κ2) is 8.99. The highest BCUT2D eigenvalue weighted by molar-refractivity contribution is 7.89. The van der Waals surface area contributed by atoms with Crippen LogP contribution in [0.15, 0.2) is 34.1 Å². The maximum atomic E-state index is 13.2. The third kappa shape index (κ3) is 4.33. The summed E-state index contributed by atoms with van der Waals surface area (Å²) in [6.45, 7) is 0.875. The molecular weight excluding hydrogens is 444 g/mol. The number of aliphatic carboxylic acids is 1. The Bertz CT molecular complexity index is 1280. The van der Waals surface area contributed by atoms with E-state index in [1.165, 1.54) is 10.4 Å². The Hall–Kier alpha value is -2.40. The van der Waals surface area contributed by atoms with E-state index in [9.17, 15) is 18.0 Å². The van der Waals surface area contributed by atoms with Crippen molar-refractivity contribution in [3.05, 3.63) is 40.3 Å². The lowest BCUT2D eigenvalue weighted by Gasteiger charge is -2.17. The Morgan fingerprint density at radius 3 is 2.81 bits per heavy atom. The molecule has 1 fully saturated rings. The monoisotopic (exact) mass is 468 g/mol. The molecule has 0 aliphatic carbocycles. The molecule has 0 saturated carbocycles. The summed E-state index contributed by atoms with van der Waals surface area (Å²) >= 11 is 0. The number of fused-ring (bicyclic) bond motifs is 3. The first kappa shape index (κ1) is 23.3. The van der Waals surface area contributed by atoms with E-state index in [2.05, 4.69) is 15.3 Å². The van der Waals surface area contributed by atoms with Gasteiger partial charge in [0.1, 0.15) is 5.52 Å². The van der Waals surface area contributed by atoms with E-state index in [-0.39, 0.29) is 35.3 Å². The molecule has 1 aliphatic rings. The van der Waals surface area contributed by atoms with Crippen LogP contribution >= 0.6 is 12.4 Å². The molecule has 4 N–H and O–H groups in total. The van der Waals surface area contributed by atoms with Crippen LogP contribution in [-0.4, -0.2) is 59.9 Å². The van der Waals surface area contributed by atoms with Crippen molar-refractivity contribution < 1.29 is 18.3 Å². The molecule has 31 heavy (non-hydrogen) atoms. The number of aryl methyl sites for hydroxylation is 1. The number of carbonyl (C=O) groups is 1. The van der Waals surface area contributed by atoms with E-state index in [0.717, 1.165) is 12.0 Å². The molecule has 0 bridgehead atoms. The van der Waals surface area contributed by atoms with Crippen LogP contribution in [-0.2, 0) is 21.2 Å². The minimum absolute atomic E-state index is 0. The minimum Gasteiger partial charge on any atom is -0.481 e. The zero-order valence-corrected chi connectivity index (χ0v) is 18.6. The first-order valence-electron chi connectivity index (χ1n) is 9.86. The molecule has 1 unspecified atom stereocenters. The summed E-state index contributed by atoms with van der Waals surface area (Å²) in [6.07, 6.45) is 3.37. The van der Waals surface area contributed by atoms with E-state index in [0.29, 0.717) is 47.7 Å². The number of pyridine rings is 1. The second-order valence-corrected chi connectivity index (χ2v) is 9.55. The fourth-order valence-electron chi connectivity index (χ4n) is 4.09. The van der Waals surface area contributed by atoms with Crippen LogP contribution in [0.5, 0.6) is 0 Å². The molecule has 1 aromatic carbocycles. The summed E-state index contributed by atoms with van der Waals surface area (Å²) in [5.41, 5.74) is 1.40. The van der Waals surface area contributed by atoms with Crippen LogP contribution in [0.1, 0.15) is 24.8 Å². The summed E-state index contributed by atoms with van der Waals surface area (Å²) in [5, 5.41) is 13.3. The van der Waals surface area contributed by atoms with E-state index in [1.54, 1.807) is 18.3 Å². The summed E-state index contributed by atoms with van der Waals surface area (Å²) < 4.78 is 27.8. The smallest absolute Gasteiger partial charge is 0.303 e. The van der Waals surface area contributed by atoms with Gasteiger partial charge in [0.05, 0.1) is 4.90 Å². The molecule has 0 spiro atoms. The van der Waals surface area contributed by atoms with Crippen LogP contribution in [0.25, 0.3) is 21.8 Å². The molecule has 2 aromatic heterocycles. The Kier molecular flexibility index (Phi) is 6.75. The van der Waals surface area contributed by atoms with Gasteiger partial charge >= 0.3 is 5.97 Å². The average molecular weight is 469 g/mol. The number of aromatic nitrogens is 2. The number of carboxylic acid groups (broad SMARTS) is 1. The highest BCUT2D eigenvalue weighted by atomic mass is 35.5. The third-order valence-electron chi connectivity index (χ3n) is 5.73. The summed E-state index contributed by atoms with van der Waals surface area (Å²) in [6, 6.07) is 4.87. The zero-order valence-electron chi connectivity index (χ0n) is 17.0. The summed E-state index contributed by atoms with van der Waals surface area (Å²) in [7, 11) is -1.84. The number of nitrogens with zero attached hydrogens (tertiary/aromatic N) is 1. The number of sulfonamides is 1. The Balaban J connectivity index is 0.00000272. The molecule has 0 radical (unpaired) electrons. The van der Waals surface area contributed by atoms with Crippen LogP contribution in [0.3, 0.4) is 0 Å². The van der Waals surface area contributed by atoms with E-state index in [1.807, 2.05) is 7.05 Å². The van der Waals surface area contributed by atoms with E-state index in [4.69, 9.17) is 5.11 Å². The fraction of sp³-hybridized carbons (Fsp3) is 0.400. The maximum Gasteiger partial charge on any atom is 0.303 e. The predicted molar refractivity (Wildman–Crippen MR) is 120 cm³/mol. The van der Waals surface area contributed by atoms with Gasteiger partial charge in [-0.3, -0.25) is 9.59 Å². The number of hydrogen-bond donors (Lipinski definition) is 4. The van der Waals surface area contributed by atoms with Gasteiger partial charge in [0, 0.05) is 48.0 Å². The Labute approximate surface area is 185 Å². The third-order valence-corrected chi connectivity index (χ3v) is 7.59. The van der Waals surface area contributed by atoms with Gasteiger partial charge in [0.15, 0.2) is 0 Å². The number of halogens is 1. The number of likely N-dealkylation sites (N-methyl/N-ethyl adjacent to an activating group) is 1. The average Bonchev–Trinajstić information content (AvgIpc) is 3.35. The number of benzene rings is 1. The lowest BCUT2D eigenvalue weighted by molar-refractivity contribution is -0.137. The zero-order chi connectivity index (χ0) is 21.5. The fourth-order valence-corrected chi connectivity index (χ4v) is 5.62. The van der Waals surface area contributed by atoms with E-state index >= 15 is 0 Å². The molecular formula is C20H25ClN4O5S. The molecule has 11 heteroatoms. The number of aromatic amines is 2. The minimum atomic E-state index is -3.66. The van der Waals surface area contributed by atoms with Gasteiger partial charge in [0.2, 0.25) is 10.0 Å². The summed E-state index contributed by atoms with van der Waals surface area (Å²) in [4.78, 5) is 29.2. The molecule has 3 aromatic rings. The van der Waals surface area contributed by atoms with Crippen LogP contribution in [0.2, 0.25) is 0 Å². The normalized spacial score (nSPS) is 17.3. The van der Waals surface area contributed by atoms with Crippen molar-refractivity contribution in [1.29, 1.82) is 0 Å². The van der Waals surface area contributed by atoms with Gasteiger partial charge in [-0.15, -0.1) is 12.4 Å². The van der Waals surface area contributed by atoms with Crippen LogP contribution in [0.4, 0.5) is 0 Å². The van der Waals surface area contributed by atoms with Gasteiger partial charge in [-0.25, -0.2) is 8.42 Å². The topological polar surface area (TPSA) is 135 Å². The molecule has 1 aliphatic heterocycles. The van der Waals surface area contributed by atoms with Crippen molar-refractivity contribution in [3.8, 4) is 0 Å². The van der Waals surface area contributed by atoms with Crippen molar-refractivity contribution in [2.45, 2.75) is 36.6 Å². The van der Waals surface area contributed by atoms with Crippen molar-refractivity contribution in [3.63, 3.8) is 0 Å². The quantitative estimate of drug-likeness (QED) is 0.417. The van der Waals surface area contributed by atoms with Gasteiger partial charge in [0.25, 0.3) is 5.56 Å². The lowest BCUT2D eigenvalue weighted by atomic mass is 10.0. The van der Waals surface area contributed by atoms with Crippen molar-refractivity contribution in [2.75, 3.05) is 20.1 Å². The highest BCUT2D eigenvalue weighted by Crippen LogP contribution is 2.29. The highest BCUT2D eigenvalue weighted by Gasteiger charge is 2.32. The second-order valence-electron chi connectivity index (χ2n) is 7.61. The molecule has 168 valence electrons. The van der Waals surface area contributed by atoms with Crippen molar-refractivity contribution in [1.82, 2.24) is 19.6 Å². The number of hydrogen-bond acceptors (Lipinski definition) is 5. The summed E-state index contributed by atoms with van der Waals surface area (Å²) in [5.74, 6) is -0.878. The molecule has 1 saturated heterocycles. The largest absolute Gasteiger partial charge is 0.481 e. The van der Waals surface area contributed by atoms with Crippen molar-refractivity contribution >= 4 is 50.2 Å². The van der Waals surface area contributed by atoms with Crippen molar-refractivity contribution in [2.24, 2.45) is 0 Å². The van der Waals surface area contributed by atoms with Crippen LogP contribution in [0, 0.1) is 0 Å². The van der Waals surface area contributed by atoms with Gasteiger partial charge < -0.3 is 20.4 Å². The number of carboxylic acids is 1.